The van der Waals surface area contributed by atoms with Crippen molar-refractivity contribution in [2.24, 2.45) is 0 Å². The number of carbonyl (C=O) groups excluding carboxylic acids is 1. The molecule has 0 fully saturated rings. The van der Waals surface area contributed by atoms with Crippen molar-refractivity contribution >= 4 is 11.7 Å². The van der Waals surface area contributed by atoms with Gasteiger partial charge in [0.2, 0.25) is 5.91 Å². The Kier molecular flexibility index (Phi) is 4.77. The van der Waals surface area contributed by atoms with Gasteiger partial charge in [-0.2, -0.15) is 18.3 Å². The molecule has 1 unspecified atom stereocenters. The summed E-state index contributed by atoms with van der Waals surface area (Å²) in [4.78, 5) is 12.2. The maximum Gasteiger partial charge on any atom is 0.416 e. The van der Waals surface area contributed by atoms with Crippen LogP contribution in [0.2, 0.25) is 0 Å². The average molecular weight is 401 g/mol. The zero-order valence-electron chi connectivity index (χ0n) is 15.5. The van der Waals surface area contributed by atoms with Crippen LogP contribution in [-0.4, -0.2) is 15.7 Å². The highest BCUT2D eigenvalue weighted by atomic mass is 19.4. The topological polar surface area (TPSA) is 56.2 Å². The molecular formula is C21H18F3N3O2. The molecule has 1 aromatic heterocycles. The van der Waals surface area contributed by atoms with E-state index in [4.69, 9.17) is 4.74 Å². The number of hydrogen-bond acceptors (Lipinski definition) is 3. The number of alkyl halides is 3. The van der Waals surface area contributed by atoms with E-state index in [2.05, 4.69) is 10.4 Å². The van der Waals surface area contributed by atoms with E-state index in [1.54, 1.807) is 29.1 Å². The number of amides is 1. The van der Waals surface area contributed by atoms with Crippen LogP contribution in [0.5, 0.6) is 11.5 Å². The lowest BCUT2D eigenvalue weighted by atomic mass is 9.87. The minimum Gasteiger partial charge on any atom is -0.457 e. The number of aromatic nitrogens is 2. The third kappa shape index (κ3) is 3.83. The molecule has 2 aromatic carbocycles. The van der Waals surface area contributed by atoms with Gasteiger partial charge in [0.1, 0.15) is 17.3 Å². The Balaban J connectivity index is 1.64. The predicted octanol–water partition coefficient (Wildman–Crippen LogP) is 5.19. The number of aryl methyl sites for hydroxylation is 1. The zero-order chi connectivity index (χ0) is 20.6. The normalized spacial score (nSPS) is 16.3. The highest BCUT2D eigenvalue weighted by Gasteiger charge is 2.31. The zero-order valence-corrected chi connectivity index (χ0v) is 15.5. The number of carbonyl (C=O) groups is 1. The van der Waals surface area contributed by atoms with Gasteiger partial charge in [0.25, 0.3) is 0 Å². The Morgan fingerprint density at radius 1 is 1.17 bits per heavy atom. The predicted molar refractivity (Wildman–Crippen MR) is 101 cm³/mol. The number of ether oxygens (including phenoxy) is 1. The molecule has 0 spiro atoms. The molecular weight excluding hydrogens is 383 g/mol. The van der Waals surface area contributed by atoms with Crippen molar-refractivity contribution < 1.29 is 22.7 Å². The largest absolute Gasteiger partial charge is 0.457 e. The van der Waals surface area contributed by atoms with Crippen LogP contribution in [0.15, 0.2) is 54.7 Å². The number of halogens is 3. The molecule has 2 heterocycles. The van der Waals surface area contributed by atoms with Crippen LogP contribution in [0.1, 0.15) is 36.0 Å². The van der Waals surface area contributed by atoms with Gasteiger partial charge in [-0.25, -0.2) is 4.68 Å². The van der Waals surface area contributed by atoms with Crippen LogP contribution in [-0.2, 0) is 17.5 Å². The fraction of sp³-hybridized carbons (Fsp3) is 0.238. The van der Waals surface area contributed by atoms with E-state index in [9.17, 15) is 18.0 Å². The number of fused-ring (bicyclic) bond motifs is 1. The van der Waals surface area contributed by atoms with E-state index < -0.39 is 11.7 Å². The lowest BCUT2D eigenvalue weighted by Crippen LogP contribution is -2.24. The Hall–Kier alpha value is -3.29. The maximum absolute atomic E-state index is 12.9. The SMILES string of the molecule is CCn1ncc2c1NC(=O)CC2c1cccc(Oc2cccc(C(F)(F)F)c2)c1. The molecule has 29 heavy (non-hydrogen) atoms. The molecule has 1 N–H and O–H groups in total. The minimum atomic E-state index is -4.44. The Morgan fingerprint density at radius 2 is 1.90 bits per heavy atom. The summed E-state index contributed by atoms with van der Waals surface area (Å²) in [6.07, 6.45) is -2.44. The summed E-state index contributed by atoms with van der Waals surface area (Å²) in [6.45, 7) is 2.56. The second kappa shape index (κ2) is 7.27. The molecule has 1 aliphatic heterocycles. The van der Waals surface area contributed by atoms with E-state index in [0.717, 1.165) is 23.3 Å². The first kappa shape index (κ1) is 19.0. The highest BCUT2D eigenvalue weighted by Crippen LogP contribution is 2.39. The van der Waals surface area contributed by atoms with E-state index in [0.29, 0.717) is 18.1 Å². The smallest absolute Gasteiger partial charge is 0.416 e. The van der Waals surface area contributed by atoms with Crippen LogP contribution in [0, 0.1) is 0 Å². The molecule has 5 nitrogen and oxygen atoms in total. The van der Waals surface area contributed by atoms with Gasteiger partial charge in [-0.1, -0.05) is 18.2 Å². The molecule has 0 aliphatic carbocycles. The third-order valence-corrected chi connectivity index (χ3v) is 4.85. The van der Waals surface area contributed by atoms with E-state index in [1.165, 1.54) is 12.1 Å². The molecule has 0 bridgehead atoms. The fourth-order valence-electron chi connectivity index (χ4n) is 3.47. The first-order chi connectivity index (χ1) is 13.8. The Labute approximate surface area is 165 Å². The number of anilines is 1. The lowest BCUT2D eigenvalue weighted by Gasteiger charge is -2.24. The van der Waals surface area contributed by atoms with Crippen LogP contribution in [0.25, 0.3) is 0 Å². The maximum atomic E-state index is 12.9. The van der Waals surface area contributed by atoms with Crippen LogP contribution in [0.3, 0.4) is 0 Å². The quantitative estimate of drug-likeness (QED) is 0.655. The number of rotatable bonds is 4. The van der Waals surface area contributed by atoms with Gasteiger partial charge in [0.15, 0.2) is 0 Å². The lowest BCUT2D eigenvalue weighted by molar-refractivity contribution is -0.137. The van der Waals surface area contributed by atoms with Crippen molar-refractivity contribution in [2.75, 3.05) is 5.32 Å². The van der Waals surface area contributed by atoms with Crippen LogP contribution >= 0.6 is 0 Å². The van der Waals surface area contributed by atoms with Crippen molar-refractivity contribution in [3.8, 4) is 11.5 Å². The highest BCUT2D eigenvalue weighted by molar-refractivity contribution is 5.94. The van der Waals surface area contributed by atoms with Gasteiger partial charge in [-0.3, -0.25) is 4.79 Å². The van der Waals surface area contributed by atoms with Gasteiger partial charge in [0, 0.05) is 24.4 Å². The summed E-state index contributed by atoms with van der Waals surface area (Å²) in [5, 5.41) is 7.17. The standard InChI is InChI=1S/C21H18F3N3O2/c1-2-27-20-18(12-25-27)17(11-19(28)26-20)13-5-3-7-15(9-13)29-16-8-4-6-14(10-16)21(22,23)24/h3-10,12,17H,2,11H2,1H3,(H,26,28). The van der Waals surface area contributed by atoms with Crippen molar-refractivity contribution in [2.45, 2.75) is 32.0 Å². The van der Waals surface area contributed by atoms with Crippen molar-refractivity contribution in [1.82, 2.24) is 9.78 Å². The van der Waals surface area contributed by atoms with Gasteiger partial charge < -0.3 is 10.1 Å². The van der Waals surface area contributed by atoms with Crippen molar-refractivity contribution in [3.05, 3.63) is 71.4 Å². The van der Waals surface area contributed by atoms with Crippen LogP contribution < -0.4 is 10.1 Å². The molecule has 1 amide bonds. The summed E-state index contributed by atoms with van der Waals surface area (Å²) in [7, 11) is 0. The summed E-state index contributed by atoms with van der Waals surface area (Å²) in [6, 6.07) is 11.8. The molecule has 1 aliphatic rings. The minimum absolute atomic E-state index is 0.0952. The van der Waals surface area contributed by atoms with E-state index >= 15 is 0 Å². The number of nitrogens with one attached hydrogen (secondary N) is 1. The van der Waals surface area contributed by atoms with Crippen LogP contribution in [0.4, 0.5) is 19.0 Å². The monoisotopic (exact) mass is 401 g/mol. The molecule has 0 saturated heterocycles. The molecule has 3 aromatic rings. The summed E-state index contributed by atoms with van der Waals surface area (Å²) < 4.78 is 46.2. The first-order valence-corrected chi connectivity index (χ1v) is 9.16. The second-order valence-electron chi connectivity index (χ2n) is 6.77. The molecule has 1 atom stereocenters. The van der Waals surface area contributed by atoms with E-state index in [-0.39, 0.29) is 24.0 Å². The molecule has 8 heteroatoms. The summed E-state index contributed by atoms with van der Waals surface area (Å²) >= 11 is 0. The second-order valence-corrected chi connectivity index (χ2v) is 6.77. The molecule has 0 saturated carbocycles. The first-order valence-electron chi connectivity index (χ1n) is 9.16. The number of nitrogens with zero attached hydrogens (tertiary/aromatic N) is 2. The number of hydrogen-bond donors (Lipinski definition) is 1. The van der Waals surface area contributed by atoms with Gasteiger partial charge >= 0.3 is 6.18 Å². The third-order valence-electron chi connectivity index (χ3n) is 4.85. The van der Waals surface area contributed by atoms with Crippen molar-refractivity contribution in [3.63, 3.8) is 0 Å². The number of benzene rings is 2. The summed E-state index contributed by atoms with van der Waals surface area (Å²) in [5.41, 5.74) is 0.968. The fourth-order valence-corrected chi connectivity index (χ4v) is 3.47. The Bertz CT molecular complexity index is 1060. The van der Waals surface area contributed by atoms with Gasteiger partial charge in [0.05, 0.1) is 11.8 Å². The molecule has 150 valence electrons. The molecule has 0 radical (unpaired) electrons. The van der Waals surface area contributed by atoms with Gasteiger partial charge in [-0.15, -0.1) is 0 Å². The average Bonchev–Trinajstić information content (AvgIpc) is 3.10. The Morgan fingerprint density at radius 3 is 2.62 bits per heavy atom. The van der Waals surface area contributed by atoms with Gasteiger partial charge in [-0.05, 0) is 42.8 Å². The summed E-state index contributed by atoms with van der Waals surface area (Å²) in [5.74, 6) is 0.860. The molecule has 4 rings (SSSR count). The van der Waals surface area contributed by atoms with Crippen molar-refractivity contribution in [1.29, 1.82) is 0 Å². The van der Waals surface area contributed by atoms with E-state index in [1.807, 2.05) is 13.0 Å².